The smallest absolute Gasteiger partial charge is 0.347 e. The number of rotatable bonds is 7. The van der Waals surface area contributed by atoms with Crippen molar-refractivity contribution in [3.8, 4) is 0 Å². The fraction of sp³-hybridized carbons (Fsp3) is 0.625. The first-order valence-corrected chi connectivity index (χ1v) is 5.90. The molecule has 0 aliphatic heterocycles. The highest BCUT2D eigenvalue weighted by molar-refractivity contribution is 6.44. The van der Waals surface area contributed by atoms with Crippen molar-refractivity contribution in [3.05, 3.63) is 12.7 Å². The third kappa shape index (κ3) is 5.87. The molecule has 0 aromatic rings. The van der Waals surface area contributed by atoms with Gasteiger partial charge in [0.05, 0.1) is 6.23 Å². The van der Waals surface area contributed by atoms with Crippen LogP contribution in [0, 0.1) is 0 Å². The summed E-state index contributed by atoms with van der Waals surface area (Å²) in [4.78, 5) is 10.7. The van der Waals surface area contributed by atoms with Gasteiger partial charge in [-0.25, -0.2) is 4.79 Å². The van der Waals surface area contributed by atoms with Crippen molar-refractivity contribution in [1.82, 2.24) is 0 Å². The summed E-state index contributed by atoms with van der Waals surface area (Å²) >= 11 is 0. The fourth-order valence-corrected chi connectivity index (χ4v) is 1.58. The maximum Gasteiger partial charge on any atom is 0.347 e. The lowest BCUT2D eigenvalue weighted by Gasteiger charge is -2.15. The molecule has 14 heavy (non-hydrogen) atoms. The maximum atomic E-state index is 10.7. The lowest BCUT2D eigenvalue weighted by atomic mass is 10.6. The minimum Gasteiger partial charge on any atom is -0.433 e. The molecule has 5 nitrogen and oxygen atoms in total. The quantitative estimate of drug-likeness (QED) is 0.264. The molecule has 0 heterocycles. The van der Waals surface area contributed by atoms with Gasteiger partial charge in [0.1, 0.15) is 0 Å². The molecule has 0 saturated carbocycles. The fourth-order valence-electron chi connectivity index (χ4n) is 0.692. The number of carbonyl (C=O) groups excluding carboxylic acids is 1. The third-order valence-electron chi connectivity index (χ3n) is 1.44. The van der Waals surface area contributed by atoms with Crippen molar-refractivity contribution < 1.29 is 23.1 Å². The normalized spacial score (nSPS) is 12.6. The molecule has 0 spiro atoms. The van der Waals surface area contributed by atoms with Crippen LogP contribution in [0.2, 0.25) is 0 Å². The molecule has 0 rings (SSSR count). The first-order valence-electron chi connectivity index (χ1n) is 4.14. The van der Waals surface area contributed by atoms with Gasteiger partial charge in [-0.2, -0.15) is 0 Å². The summed E-state index contributed by atoms with van der Waals surface area (Å²) in [5.41, 5.74) is 0. The number of carbonyl (C=O) groups is 1. The summed E-state index contributed by atoms with van der Waals surface area (Å²) in [5.74, 6) is -0.509. The summed E-state index contributed by atoms with van der Waals surface area (Å²) in [6.07, 6.45) is 0.806. The molecule has 0 aromatic heterocycles. The van der Waals surface area contributed by atoms with Crippen LogP contribution in [0.5, 0.6) is 0 Å². The Bertz CT molecular complexity index is 181. The Morgan fingerprint density at radius 1 is 1.50 bits per heavy atom. The summed E-state index contributed by atoms with van der Waals surface area (Å²) in [5, 5.41) is 0. The van der Waals surface area contributed by atoms with Crippen LogP contribution in [0.25, 0.3) is 0 Å². The van der Waals surface area contributed by atoms with Crippen LogP contribution in [0.1, 0.15) is 6.92 Å². The Hall–Kier alpha value is -0.693. The second-order valence-electron chi connectivity index (χ2n) is 2.44. The van der Waals surface area contributed by atoms with Gasteiger partial charge in [0.25, 0.3) is 0 Å². The molecule has 0 radical (unpaired) electrons. The van der Waals surface area contributed by atoms with Crippen LogP contribution in [0.15, 0.2) is 12.7 Å². The zero-order valence-electron chi connectivity index (χ0n) is 8.69. The van der Waals surface area contributed by atoms with E-state index in [9.17, 15) is 4.79 Å². The zero-order valence-corrected chi connectivity index (χ0v) is 9.84. The molecule has 0 saturated heterocycles. The Labute approximate surface area is 85.4 Å². The summed E-state index contributed by atoms with van der Waals surface area (Å²) in [6.45, 7) is 4.89. The third-order valence-corrected chi connectivity index (χ3v) is 2.96. The predicted molar refractivity (Wildman–Crippen MR) is 52.9 cm³/mol. The van der Waals surface area contributed by atoms with Gasteiger partial charge in [-0.3, -0.25) is 0 Å². The van der Waals surface area contributed by atoms with E-state index in [1.54, 1.807) is 21.1 Å². The molecular formula is C8H16O5Si. The second-order valence-corrected chi connectivity index (χ2v) is 4.58. The van der Waals surface area contributed by atoms with Crippen molar-refractivity contribution >= 4 is 15.3 Å². The average Bonchev–Trinajstić information content (AvgIpc) is 2.19. The molecule has 0 fully saturated rings. The zero-order chi connectivity index (χ0) is 11.0. The van der Waals surface area contributed by atoms with E-state index in [0.29, 0.717) is 6.23 Å². The largest absolute Gasteiger partial charge is 0.433 e. The molecule has 0 bridgehead atoms. The van der Waals surface area contributed by atoms with Crippen molar-refractivity contribution in [2.75, 3.05) is 20.4 Å². The maximum absolute atomic E-state index is 10.7. The van der Waals surface area contributed by atoms with E-state index < -0.39 is 21.5 Å². The van der Waals surface area contributed by atoms with E-state index in [1.807, 2.05) is 0 Å². The lowest BCUT2D eigenvalue weighted by Crippen LogP contribution is -2.30. The lowest BCUT2D eigenvalue weighted by molar-refractivity contribution is -0.166. The number of hydrogen-bond acceptors (Lipinski definition) is 5. The first kappa shape index (κ1) is 13.3. The Morgan fingerprint density at radius 3 is 2.50 bits per heavy atom. The molecule has 82 valence electrons. The molecule has 1 unspecified atom stereocenters. The van der Waals surface area contributed by atoms with Crippen LogP contribution in [-0.4, -0.2) is 42.0 Å². The van der Waals surface area contributed by atoms with Crippen LogP contribution >= 0.6 is 0 Å². The van der Waals surface area contributed by atoms with Crippen molar-refractivity contribution in [2.45, 2.75) is 13.2 Å². The monoisotopic (exact) mass is 220 g/mol. The highest BCUT2D eigenvalue weighted by Crippen LogP contribution is 1.97. The SMILES string of the molecule is C=CC(=O)OC(C)OC[SiH](OC)OC. The standard InChI is InChI=1S/C8H16O5Si/c1-5-8(9)13-7(2)12-6-14(10-3)11-4/h5,7,14H,1,6H2,2-4H3. The predicted octanol–water partition coefficient (Wildman–Crippen LogP) is 0.131. The van der Waals surface area contributed by atoms with Gasteiger partial charge in [0.2, 0.25) is 0 Å². The minimum absolute atomic E-state index is 0.332. The van der Waals surface area contributed by atoms with Crippen LogP contribution in [0.3, 0.4) is 0 Å². The van der Waals surface area contributed by atoms with E-state index >= 15 is 0 Å². The first-order chi connectivity index (χ1) is 6.63. The summed E-state index contributed by atoms with van der Waals surface area (Å²) in [6, 6.07) is 0. The highest BCUT2D eigenvalue weighted by Gasteiger charge is 2.13. The number of ether oxygens (including phenoxy) is 2. The topological polar surface area (TPSA) is 54.0 Å². The van der Waals surface area contributed by atoms with Crippen LogP contribution < -0.4 is 0 Å². The van der Waals surface area contributed by atoms with Gasteiger partial charge < -0.3 is 18.3 Å². The second kappa shape index (κ2) is 7.69. The molecular weight excluding hydrogens is 204 g/mol. The van der Waals surface area contributed by atoms with Gasteiger partial charge in [0.15, 0.2) is 6.29 Å². The Kier molecular flexibility index (Phi) is 7.31. The van der Waals surface area contributed by atoms with Crippen molar-refractivity contribution in [1.29, 1.82) is 0 Å². The van der Waals surface area contributed by atoms with Crippen molar-refractivity contribution in [3.63, 3.8) is 0 Å². The Balaban J connectivity index is 3.66. The van der Waals surface area contributed by atoms with Crippen LogP contribution in [0.4, 0.5) is 0 Å². The van der Waals surface area contributed by atoms with Gasteiger partial charge in [-0.05, 0) is 6.92 Å². The van der Waals surface area contributed by atoms with E-state index in [0.717, 1.165) is 6.08 Å². The molecule has 0 aliphatic carbocycles. The Morgan fingerprint density at radius 2 is 2.07 bits per heavy atom. The highest BCUT2D eigenvalue weighted by atomic mass is 28.3. The number of esters is 1. The summed E-state index contributed by atoms with van der Waals surface area (Å²) < 4.78 is 20.0. The molecule has 0 amide bonds. The molecule has 0 N–H and O–H groups in total. The minimum atomic E-state index is -1.74. The number of hydrogen-bond donors (Lipinski definition) is 0. The van der Waals surface area contributed by atoms with Gasteiger partial charge in [-0.1, -0.05) is 6.58 Å². The van der Waals surface area contributed by atoms with E-state index in [1.165, 1.54) is 0 Å². The van der Waals surface area contributed by atoms with Gasteiger partial charge >= 0.3 is 15.3 Å². The van der Waals surface area contributed by atoms with E-state index in [4.69, 9.17) is 18.3 Å². The van der Waals surface area contributed by atoms with Gasteiger partial charge in [-0.15, -0.1) is 0 Å². The molecule has 6 heteroatoms. The van der Waals surface area contributed by atoms with Crippen LogP contribution in [-0.2, 0) is 23.1 Å². The molecule has 0 aliphatic rings. The van der Waals surface area contributed by atoms with E-state index in [2.05, 4.69) is 6.58 Å². The average molecular weight is 220 g/mol. The molecule has 1 atom stereocenters. The van der Waals surface area contributed by atoms with Gasteiger partial charge in [0, 0.05) is 20.3 Å². The summed E-state index contributed by atoms with van der Waals surface area (Å²) in [7, 11) is 1.38. The van der Waals surface area contributed by atoms with E-state index in [-0.39, 0.29) is 0 Å². The van der Waals surface area contributed by atoms with Crippen molar-refractivity contribution in [2.24, 2.45) is 0 Å². The molecule has 0 aromatic carbocycles.